The molecule has 0 atom stereocenters. The first-order valence-corrected chi connectivity index (χ1v) is 3.78. The number of aromatic hydroxyl groups is 1. The lowest BCUT2D eigenvalue weighted by Crippen LogP contribution is -2.08. The molecule has 0 aliphatic carbocycles. The molecule has 6 heteroatoms. The van der Waals surface area contributed by atoms with Gasteiger partial charge in [-0.3, -0.25) is 4.68 Å². The molecule has 1 heterocycles. The number of alkyl halides is 3. The lowest BCUT2D eigenvalue weighted by molar-refractivity contribution is -0.142. The summed E-state index contributed by atoms with van der Waals surface area (Å²) < 4.78 is 37.3. The quantitative estimate of drug-likeness (QED) is 0.782. The first-order valence-electron chi connectivity index (χ1n) is 3.78. The van der Waals surface area contributed by atoms with Gasteiger partial charge in [0.1, 0.15) is 0 Å². The molecule has 0 aliphatic rings. The Balaban J connectivity index is 2.96. The number of hydrogen-bond acceptors (Lipinski definition) is 2. The highest BCUT2D eigenvalue weighted by Crippen LogP contribution is 2.33. The largest absolute Gasteiger partial charge is 0.504 e. The number of hydrogen-bond donors (Lipinski definition) is 1. The van der Waals surface area contributed by atoms with E-state index in [1.807, 2.05) is 6.92 Å². The topological polar surface area (TPSA) is 38.0 Å². The Kier molecular flexibility index (Phi) is 2.49. The van der Waals surface area contributed by atoms with Gasteiger partial charge in [0, 0.05) is 6.54 Å². The summed E-state index contributed by atoms with van der Waals surface area (Å²) in [4.78, 5) is 0. The van der Waals surface area contributed by atoms with Crippen LogP contribution >= 0.6 is 0 Å². The van der Waals surface area contributed by atoms with Crippen molar-refractivity contribution in [1.82, 2.24) is 9.78 Å². The standard InChI is InChI=1S/C7H9F3N2O/c1-2-3-12-4-5(13)6(11-12)7(8,9)10/h4,13H,2-3H2,1H3. The second-order valence-electron chi connectivity index (χ2n) is 2.62. The fourth-order valence-corrected chi connectivity index (χ4v) is 0.956. The van der Waals surface area contributed by atoms with Gasteiger partial charge in [-0.15, -0.1) is 0 Å². The molecule has 0 saturated carbocycles. The predicted octanol–water partition coefficient (Wildman–Crippen LogP) is 2.02. The fraction of sp³-hybridized carbons (Fsp3) is 0.571. The van der Waals surface area contributed by atoms with Crippen LogP contribution in [0.25, 0.3) is 0 Å². The van der Waals surface area contributed by atoms with Crippen molar-refractivity contribution in [1.29, 1.82) is 0 Å². The highest BCUT2D eigenvalue weighted by Gasteiger charge is 2.37. The Hall–Kier alpha value is -1.20. The van der Waals surface area contributed by atoms with Gasteiger partial charge >= 0.3 is 6.18 Å². The van der Waals surface area contributed by atoms with E-state index in [0.717, 1.165) is 10.9 Å². The van der Waals surface area contributed by atoms with E-state index in [0.29, 0.717) is 13.0 Å². The molecule has 1 aromatic heterocycles. The van der Waals surface area contributed by atoms with Crippen LogP contribution in [0.5, 0.6) is 5.75 Å². The molecule has 0 bridgehead atoms. The van der Waals surface area contributed by atoms with Crippen LogP contribution in [0, 0.1) is 0 Å². The van der Waals surface area contributed by atoms with Gasteiger partial charge in [0.05, 0.1) is 6.20 Å². The Labute approximate surface area is 72.8 Å². The van der Waals surface area contributed by atoms with Crippen molar-refractivity contribution in [2.75, 3.05) is 0 Å². The first-order chi connectivity index (χ1) is 5.95. The Morgan fingerprint density at radius 3 is 2.54 bits per heavy atom. The molecule has 13 heavy (non-hydrogen) atoms. The second-order valence-corrected chi connectivity index (χ2v) is 2.62. The van der Waals surface area contributed by atoms with E-state index in [4.69, 9.17) is 5.11 Å². The third-order valence-electron chi connectivity index (χ3n) is 1.46. The van der Waals surface area contributed by atoms with Crippen LogP contribution in [0.4, 0.5) is 13.2 Å². The molecule has 0 unspecified atom stereocenters. The van der Waals surface area contributed by atoms with Crippen LogP contribution in [0.15, 0.2) is 6.20 Å². The Morgan fingerprint density at radius 1 is 1.54 bits per heavy atom. The summed E-state index contributed by atoms with van der Waals surface area (Å²) >= 11 is 0. The lowest BCUT2D eigenvalue weighted by Gasteiger charge is -2.01. The lowest BCUT2D eigenvalue weighted by atomic mass is 10.4. The van der Waals surface area contributed by atoms with E-state index in [-0.39, 0.29) is 0 Å². The molecule has 3 nitrogen and oxygen atoms in total. The van der Waals surface area contributed by atoms with Crippen LogP contribution in [0.3, 0.4) is 0 Å². The zero-order valence-electron chi connectivity index (χ0n) is 6.97. The molecule has 0 amide bonds. The first kappa shape index (κ1) is 9.88. The molecular formula is C7H9F3N2O. The minimum atomic E-state index is -4.58. The summed E-state index contributed by atoms with van der Waals surface area (Å²) in [5, 5.41) is 12.1. The number of nitrogens with zero attached hydrogens (tertiary/aromatic N) is 2. The summed E-state index contributed by atoms with van der Waals surface area (Å²) in [5.41, 5.74) is -1.22. The average Bonchev–Trinajstić information content (AvgIpc) is 2.30. The van der Waals surface area contributed by atoms with E-state index >= 15 is 0 Å². The molecule has 0 aromatic carbocycles. The molecule has 0 fully saturated rings. The SMILES string of the molecule is CCCn1cc(O)c(C(F)(F)F)n1. The van der Waals surface area contributed by atoms with Crippen LogP contribution in [-0.4, -0.2) is 14.9 Å². The summed E-state index contributed by atoms with van der Waals surface area (Å²) in [7, 11) is 0. The smallest absolute Gasteiger partial charge is 0.438 e. The van der Waals surface area contributed by atoms with Crippen LogP contribution in [-0.2, 0) is 12.7 Å². The van der Waals surface area contributed by atoms with E-state index < -0.39 is 17.6 Å². The van der Waals surface area contributed by atoms with E-state index in [2.05, 4.69) is 5.10 Å². The van der Waals surface area contributed by atoms with Crippen molar-refractivity contribution in [3.05, 3.63) is 11.9 Å². The maximum atomic E-state index is 12.1. The van der Waals surface area contributed by atoms with Gasteiger partial charge in [-0.2, -0.15) is 18.3 Å². The van der Waals surface area contributed by atoms with Gasteiger partial charge in [0.15, 0.2) is 5.75 Å². The molecule has 74 valence electrons. The van der Waals surface area contributed by atoms with Crippen LogP contribution in [0.1, 0.15) is 19.0 Å². The summed E-state index contributed by atoms with van der Waals surface area (Å²) in [6.07, 6.45) is -2.94. The summed E-state index contributed by atoms with van der Waals surface area (Å²) in [5.74, 6) is -0.819. The molecule has 0 saturated heterocycles. The van der Waals surface area contributed by atoms with E-state index in [1.54, 1.807) is 0 Å². The van der Waals surface area contributed by atoms with Crippen molar-refractivity contribution >= 4 is 0 Å². The minimum absolute atomic E-state index is 0.365. The average molecular weight is 194 g/mol. The third-order valence-corrected chi connectivity index (χ3v) is 1.46. The summed E-state index contributed by atoms with van der Waals surface area (Å²) in [6.45, 7) is 2.18. The van der Waals surface area contributed by atoms with Crippen molar-refractivity contribution in [3.63, 3.8) is 0 Å². The van der Waals surface area contributed by atoms with Crippen molar-refractivity contribution in [2.24, 2.45) is 0 Å². The molecule has 0 radical (unpaired) electrons. The summed E-state index contributed by atoms with van der Waals surface area (Å²) in [6, 6.07) is 0. The van der Waals surface area contributed by atoms with Gasteiger partial charge < -0.3 is 5.11 Å². The molecule has 1 rings (SSSR count). The van der Waals surface area contributed by atoms with Crippen molar-refractivity contribution in [2.45, 2.75) is 26.1 Å². The second kappa shape index (κ2) is 3.27. The number of aryl methyl sites for hydroxylation is 1. The van der Waals surface area contributed by atoms with Crippen molar-refractivity contribution < 1.29 is 18.3 Å². The van der Waals surface area contributed by atoms with Crippen molar-refractivity contribution in [3.8, 4) is 5.75 Å². The van der Waals surface area contributed by atoms with E-state index in [1.165, 1.54) is 0 Å². The van der Waals surface area contributed by atoms with Gasteiger partial charge in [0.2, 0.25) is 5.69 Å². The monoisotopic (exact) mass is 194 g/mol. The van der Waals surface area contributed by atoms with E-state index in [9.17, 15) is 13.2 Å². The number of aromatic nitrogens is 2. The fourth-order valence-electron chi connectivity index (χ4n) is 0.956. The van der Waals surface area contributed by atoms with Gasteiger partial charge in [-0.05, 0) is 6.42 Å². The molecular weight excluding hydrogens is 185 g/mol. The Morgan fingerprint density at radius 2 is 2.15 bits per heavy atom. The molecule has 0 spiro atoms. The third kappa shape index (κ3) is 2.13. The van der Waals surface area contributed by atoms with Gasteiger partial charge in [-0.25, -0.2) is 0 Å². The highest BCUT2D eigenvalue weighted by atomic mass is 19.4. The van der Waals surface area contributed by atoms with Crippen LogP contribution < -0.4 is 0 Å². The highest BCUT2D eigenvalue weighted by molar-refractivity contribution is 5.25. The normalized spacial score (nSPS) is 12.0. The zero-order valence-corrected chi connectivity index (χ0v) is 6.97. The zero-order chi connectivity index (χ0) is 10.1. The maximum Gasteiger partial charge on any atom is 0.438 e. The Bertz CT molecular complexity index is 292. The number of halogens is 3. The number of rotatable bonds is 2. The predicted molar refractivity (Wildman–Crippen MR) is 39.2 cm³/mol. The molecule has 1 N–H and O–H groups in total. The van der Waals surface area contributed by atoms with Gasteiger partial charge in [0.25, 0.3) is 0 Å². The molecule has 1 aromatic rings. The minimum Gasteiger partial charge on any atom is -0.504 e. The van der Waals surface area contributed by atoms with Gasteiger partial charge in [-0.1, -0.05) is 6.92 Å². The molecule has 0 aliphatic heterocycles. The maximum absolute atomic E-state index is 12.1. The van der Waals surface area contributed by atoms with Crippen LogP contribution in [0.2, 0.25) is 0 Å².